The topological polar surface area (TPSA) is 57.6 Å². The Hall–Kier alpha value is -0.690. The number of rotatable bonds is 4. The number of hydrogen-bond acceptors (Lipinski definition) is 3. The van der Waals surface area contributed by atoms with Gasteiger partial charge < -0.3 is 5.11 Å². The Kier molecular flexibility index (Phi) is 4.26. The molecular formula is C9H11ClFNO3S. The minimum atomic E-state index is -3.77. The van der Waals surface area contributed by atoms with Gasteiger partial charge in [-0.3, -0.25) is 0 Å². The second kappa shape index (κ2) is 5.09. The molecule has 16 heavy (non-hydrogen) atoms. The van der Waals surface area contributed by atoms with Gasteiger partial charge in [0.25, 0.3) is 0 Å². The van der Waals surface area contributed by atoms with Gasteiger partial charge in [-0.1, -0.05) is 11.6 Å². The molecular weight excluding hydrogens is 257 g/mol. The summed E-state index contributed by atoms with van der Waals surface area (Å²) in [6.45, 7) is -0.343. The van der Waals surface area contributed by atoms with Crippen LogP contribution < -0.4 is 0 Å². The summed E-state index contributed by atoms with van der Waals surface area (Å²) in [6.07, 6.45) is 0. The van der Waals surface area contributed by atoms with Gasteiger partial charge in [0, 0.05) is 13.6 Å². The lowest BCUT2D eigenvalue weighted by atomic mass is 10.3. The van der Waals surface area contributed by atoms with Crippen LogP contribution in [-0.4, -0.2) is 38.0 Å². The Balaban J connectivity index is 3.17. The first-order valence-corrected chi connectivity index (χ1v) is 6.23. The second-order valence-electron chi connectivity index (χ2n) is 3.12. The van der Waals surface area contributed by atoms with Crippen molar-refractivity contribution in [2.24, 2.45) is 0 Å². The van der Waals surface area contributed by atoms with Crippen molar-refractivity contribution in [1.82, 2.24) is 4.31 Å². The first-order chi connectivity index (χ1) is 7.39. The third kappa shape index (κ3) is 2.70. The molecule has 0 radical (unpaired) electrons. The molecule has 1 N–H and O–H groups in total. The average Bonchev–Trinajstić information content (AvgIpc) is 2.17. The fourth-order valence-corrected chi connectivity index (χ4v) is 2.78. The van der Waals surface area contributed by atoms with Gasteiger partial charge in [0.2, 0.25) is 10.0 Å². The highest BCUT2D eigenvalue weighted by atomic mass is 35.5. The minimum absolute atomic E-state index is 0.0456. The summed E-state index contributed by atoms with van der Waals surface area (Å²) in [5.41, 5.74) is 0. The van der Waals surface area contributed by atoms with Crippen LogP contribution in [0.2, 0.25) is 5.02 Å². The summed E-state index contributed by atoms with van der Waals surface area (Å²) >= 11 is 5.65. The molecule has 0 heterocycles. The molecule has 90 valence electrons. The highest BCUT2D eigenvalue weighted by Gasteiger charge is 2.23. The van der Waals surface area contributed by atoms with Crippen molar-refractivity contribution in [2.75, 3.05) is 20.2 Å². The number of aliphatic hydroxyl groups is 1. The monoisotopic (exact) mass is 267 g/mol. The van der Waals surface area contributed by atoms with Crippen LogP contribution in [0.1, 0.15) is 0 Å². The molecule has 0 saturated heterocycles. The van der Waals surface area contributed by atoms with Crippen LogP contribution in [0.3, 0.4) is 0 Å². The number of nitrogens with zero attached hydrogens (tertiary/aromatic N) is 1. The number of hydrogen-bond donors (Lipinski definition) is 1. The minimum Gasteiger partial charge on any atom is -0.395 e. The van der Waals surface area contributed by atoms with Crippen molar-refractivity contribution >= 4 is 21.6 Å². The summed E-state index contributed by atoms with van der Waals surface area (Å²) in [6, 6.07) is 3.05. The van der Waals surface area contributed by atoms with E-state index in [0.29, 0.717) is 0 Å². The lowest BCUT2D eigenvalue weighted by molar-refractivity contribution is 0.266. The van der Waals surface area contributed by atoms with Gasteiger partial charge in [-0.15, -0.1) is 0 Å². The quantitative estimate of drug-likeness (QED) is 0.889. The second-order valence-corrected chi connectivity index (χ2v) is 5.55. The zero-order chi connectivity index (χ0) is 12.3. The van der Waals surface area contributed by atoms with Crippen LogP contribution in [0.4, 0.5) is 4.39 Å². The molecule has 1 aromatic carbocycles. The molecule has 0 amide bonds. The van der Waals surface area contributed by atoms with Crippen LogP contribution in [0, 0.1) is 5.82 Å². The van der Waals surface area contributed by atoms with Crippen LogP contribution >= 0.6 is 11.6 Å². The maximum absolute atomic E-state index is 12.8. The van der Waals surface area contributed by atoms with Crippen LogP contribution in [0.15, 0.2) is 23.1 Å². The van der Waals surface area contributed by atoms with E-state index in [9.17, 15) is 12.8 Å². The summed E-state index contributed by atoms with van der Waals surface area (Å²) in [5, 5.41) is 8.49. The summed E-state index contributed by atoms with van der Waals surface area (Å²) in [7, 11) is -2.46. The number of sulfonamides is 1. The van der Waals surface area contributed by atoms with Gasteiger partial charge in [-0.25, -0.2) is 12.8 Å². The lowest BCUT2D eigenvalue weighted by Crippen LogP contribution is -2.29. The van der Waals surface area contributed by atoms with E-state index in [1.807, 2.05) is 0 Å². The van der Waals surface area contributed by atoms with Gasteiger partial charge in [-0.05, 0) is 18.2 Å². The lowest BCUT2D eigenvalue weighted by Gasteiger charge is -2.16. The molecule has 0 saturated carbocycles. The normalized spacial score (nSPS) is 12.1. The van der Waals surface area contributed by atoms with E-state index in [1.54, 1.807) is 0 Å². The SMILES string of the molecule is CN(CCO)S(=O)(=O)c1ccc(F)cc1Cl. The number of likely N-dealkylation sites (N-methyl/N-ethyl adjacent to an activating group) is 1. The molecule has 0 aliphatic rings. The van der Waals surface area contributed by atoms with Crippen molar-refractivity contribution in [3.63, 3.8) is 0 Å². The molecule has 1 rings (SSSR count). The van der Waals surface area contributed by atoms with Gasteiger partial charge in [0.05, 0.1) is 11.6 Å². The Morgan fingerprint density at radius 2 is 2.12 bits per heavy atom. The molecule has 0 fully saturated rings. The zero-order valence-corrected chi connectivity index (χ0v) is 10.1. The van der Waals surface area contributed by atoms with Gasteiger partial charge in [0.1, 0.15) is 10.7 Å². The Bertz CT molecular complexity index is 478. The Labute approximate surface area is 98.3 Å². The molecule has 0 bridgehead atoms. The van der Waals surface area contributed by atoms with E-state index >= 15 is 0 Å². The molecule has 0 unspecified atom stereocenters. The number of halogens is 2. The third-order valence-corrected chi connectivity index (χ3v) is 4.34. The van der Waals surface area contributed by atoms with Crippen molar-refractivity contribution in [2.45, 2.75) is 4.90 Å². The number of aliphatic hydroxyl groups excluding tert-OH is 1. The highest BCUT2D eigenvalue weighted by molar-refractivity contribution is 7.89. The smallest absolute Gasteiger partial charge is 0.244 e. The zero-order valence-electron chi connectivity index (χ0n) is 8.52. The van der Waals surface area contributed by atoms with E-state index < -0.39 is 15.8 Å². The van der Waals surface area contributed by atoms with E-state index in [0.717, 1.165) is 22.5 Å². The summed E-state index contributed by atoms with van der Waals surface area (Å²) < 4.78 is 37.4. The van der Waals surface area contributed by atoms with E-state index in [2.05, 4.69) is 0 Å². The first kappa shape index (κ1) is 13.4. The third-order valence-electron chi connectivity index (χ3n) is 2.00. The Morgan fingerprint density at radius 1 is 1.50 bits per heavy atom. The fourth-order valence-electron chi connectivity index (χ4n) is 1.11. The molecule has 0 aliphatic heterocycles. The standard InChI is InChI=1S/C9H11ClFNO3S/c1-12(4-5-13)16(14,15)9-3-2-7(11)6-8(9)10/h2-3,6,13H,4-5H2,1H3. The molecule has 0 aliphatic carbocycles. The van der Waals surface area contributed by atoms with E-state index in [1.165, 1.54) is 7.05 Å². The van der Waals surface area contributed by atoms with Crippen LogP contribution in [0.25, 0.3) is 0 Å². The molecule has 4 nitrogen and oxygen atoms in total. The molecule has 1 aromatic rings. The first-order valence-electron chi connectivity index (χ1n) is 4.42. The van der Waals surface area contributed by atoms with Crippen molar-refractivity contribution in [3.05, 3.63) is 29.0 Å². The predicted molar refractivity (Wildman–Crippen MR) is 58.3 cm³/mol. The molecule has 7 heteroatoms. The van der Waals surface area contributed by atoms with E-state index in [4.69, 9.17) is 16.7 Å². The highest BCUT2D eigenvalue weighted by Crippen LogP contribution is 2.24. The number of benzene rings is 1. The Morgan fingerprint density at radius 3 is 2.62 bits per heavy atom. The average molecular weight is 268 g/mol. The fraction of sp³-hybridized carbons (Fsp3) is 0.333. The van der Waals surface area contributed by atoms with Crippen LogP contribution in [0.5, 0.6) is 0 Å². The molecule has 0 aromatic heterocycles. The van der Waals surface area contributed by atoms with E-state index in [-0.39, 0.29) is 23.1 Å². The maximum Gasteiger partial charge on any atom is 0.244 e. The summed E-state index contributed by atoms with van der Waals surface area (Å²) in [5.74, 6) is -0.603. The van der Waals surface area contributed by atoms with Crippen molar-refractivity contribution in [1.29, 1.82) is 0 Å². The maximum atomic E-state index is 12.8. The van der Waals surface area contributed by atoms with Gasteiger partial charge in [-0.2, -0.15) is 4.31 Å². The predicted octanol–water partition coefficient (Wildman–Crippen LogP) is 1.09. The van der Waals surface area contributed by atoms with Crippen molar-refractivity contribution in [3.8, 4) is 0 Å². The molecule has 0 spiro atoms. The van der Waals surface area contributed by atoms with Gasteiger partial charge >= 0.3 is 0 Å². The molecule has 0 atom stereocenters. The van der Waals surface area contributed by atoms with Crippen LogP contribution in [-0.2, 0) is 10.0 Å². The van der Waals surface area contributed by atoms with Crippen molar-refractivity contribution < 1.29 is 17.9 Å². The largest absolute Gasteiger partial charge is 0.395 e. The van der Waals surface area contributed by atoms with Gasteiger partial charge in [0.15, 0.2) is 0 Å². The summed E-state index contributed by atoms with van der Waals surface area (Å²) in [4.78, 5) is -0.175.